The number of hydrogen-bond donors (Lipinski definition) is 0. The molecule has 0 atom stereocenters. The van der Waals surface area contributed by atoms with Crippen LogP contribution in [0.5, 0.6) is 5.75 Å². The zero-order chi connectivity index (χ0) is 10.4. The van der Waals surface area contributed by atoms with Crippen LogP contribution >= 0.6 is 11.6 Å². The molecule has 0 N–H and O–H groups in total. The molecule has 0 aromatic carbocycles. The van der Waals surface area contributed by atoms with E-state index in [0.29, 0.717) is 5.88 Å². The number of hydrogen-bond acceptors (Lipinski definition) is 2. The topological polar surface area (TPSA) is 22.1 Å². The van der Waals surface area contributed by atoms with Crippen LogP contribution in [0, 0.1) is 0 Å². The highest BCUT2D eigenvalue weighted by Crippen LogP contribution is 2.14. The highest BCUT2D eigenvalue weighted by Gasteiger charge is 1.99. The van der Waals surface area contributed by atoms with Gasteiger partial charge in [-0.25, -0.2) is 0 Å². The fraction of sp³-hybridized carbons (Fsp3) is 0.545. The molecule has 0 spiro atoms. The Morgan fingerprint density at radius 2 is 2.21 bits per heavy atom. The molecule has 1 aromatic rings. The first-order valence-electron chi connectivity index (χ1n) is 4.89. The number of ether oxygens (including phenoxy) is 1. The largest absolute Gasteiger partial charge is 0.489 e. The third-order valence-electron chi connectivity index (χ3n) is 1.74. The lowest BCUT2D eigenvalue weighted by Gasteiger charge is -2.09. The van der Waals surface area contributed by atoms with E-state index in [1.165, 1.54) is 5.56 Å². The van der Waals surface area contributed by atoms with E-state index in [1.54, 1.807) is 6.20 Å². The van der Waals surface area contributed by atoms with Gasteiger partial charge in [-0.3, -0.25) is 4.98 Å². The number of pyridine rings is 1. The molecule has 0 fully saturated rings. The standard InChI is InChI=1S/C11H16ClNO/c1-9(2)14-11-6-10(4-3-5-12)7-13-8-11/h6-9H,3-5H2,1-2H3. The molecule has 2 nitrogen and oxygen atoms in total. The van der Waals surface area contributed by atoms with Crippen LogP contribution in [0.2, 0.25) is 0 Å². The van der Waals surface area contributed by atoms with E-state index in [-0.39, 0.29) is 6.10 Å². The van der Waals surface area contributed by atoms with Crippen LogP contribution in [-0.2, 0) is 6.42 Å². The molecule has 0 aliphatic heterocycles. The van der Waals surface area contributed by atoms with Crippen molar-refractivity contribution in [2.24, 2.45) is 0 Å². The van der Waals surface area contributed by atoms with Crippen LogP contribution in [0.3, 0.4) is 0 Å². The fourth-order valence-corrected chi connectivity index (χ4v) is 1.34. The Kier molecular flexibility index (Phi) is 4.74. The van der Waals surface area contributed by atoms with E-state index in [4.69, 9.17) is 16.3 Å². The van der Waals surface area contributed by atoms with Crippen molar-refractivity contribution in [1.29, 1.82) is 0 Å². The van der Waals surface area contributed by atoms with E-state index in [1.807, 2.05) is 26.1 Å². The molecule has 78 valence electrons. The van der Waals surface area contributed by atoms with Gasteiger partial charge >= 0.3 is 0 Å². The SMILES string of the molecule is CC(C)Oc1cncc(CCCCl)c1. The zero-order valence-electron chi connectivity index (χ0n) is 8.66. The van der Waals surface area contributed by atoms with Crippen molar-refractivity contribution in [2.45, 2.75) is 32.8 Å². The number of aryl methyl sites for hydroxylation is 1. The van der Waals surface area contributed by atoms with E-state index < -0.39 is 0 Å². The average Bonchev–Trinajstić information content (AvgIpc) is 2.14. The molecular formula is C11H16ClNO. The predicted octanol–water partition coefficient (Wildman–Crippen LogP) is 3.04. The lowest BCUT2D eigenvalue weighted by molar-refractivity contribution is 0.241. The second-order valence-corrected chi connectivity index (χ2v) is 3.87. The summed E-state index contributed by atoms with van der Waals surface area (Å²) in [5, 5.41) is 0. The Morgan fingerprint density at radius 1 is 1.43 bits per heavy atom. The van der Waals surface area contributed by atoms with Crippen molar-refractivity contribution < 1.29 is 4.74 Å². The van der Waals surface area contributed by atoms with Crippen LogP contribution in [0.1, 0.15) is 25.8 Å². The third-order valence-corrected chi connectivity index (χ3v) is 2.01. The second kappa shape index (κ2) is 5.86. The van der Waals surface area contributed by atoms with Gasteiger partial charge in [-0.05, 0) is 38.3 Å². The van der Waals surface area contributed by atoms with Gasteiger partial charge in [0.1, 0.15) is 5.75 Å². The molecule has 0 aliphatic rings. The lowest BCUT2D eigenvalue weighted by Crippen LogP contribution is -2.06. The van der Waals surface area contributed by atoms with Crippen molar-refractivity contribution in [1.82, 2.24) is 4.98 Å². The van der Waals surface area contributed by atoms with E-state index in [9.17, 15) is 0 Å². The predicted molar refractivity (Wildman–Crippen MR) is 59.0 cm³/mol. The second-order valence-electron chi connectivity index (χ2n) is 3.49. The summed E-state index contributed by atoms with van der Waals surface area (Å²) in [7, 11) is 0. The van der Waals surface area contributed by atoms with Crippen LogP contribution in [0.15, 0.2) is 18.5 Å². The van der Waals surface area contributed by atoms with Crippen molar-refractivity contribution in [3.8, 4) is 5.75 Å². The normalized spacial score (nSPS) is 10.6. The van der Waals surface area contributed by atoms with Gasteiger partial charge < -0.3 is 4.74 Å². The average molecular weight is 214 g/mol. The monoisotopic (exact) mass is 213 g/mol. The summed E-state index contributed by atoms with van der Waals surface area (Å²) in [6, 6.07) is 2.03. The zero-order valence-corrected chi connectivity index (χ0v) is 9.42. The minimum Gasteiger partial charge on any atom is -0.489 e. The summed E-state index contributed by atoms with van der Waals surface area (Å²) in [5.74, 6) is 1.53. The number of nitrogens with zero attached hydrogens (tertiary/aromatic N) is 1. The van der Waals surface area contributed by atoms with Crippen LogP contribution in [0.25, 0.3) is 0 Å². The highest BCUT2D eigenvalue weighted by molar-refractivity contribution is 6.17. The van der Waals surface area contributed by atoms with Crippen molar-refractivity contribution in [3.05, 3.63) is 24.0 Å². The number of rotatable bonds is 5. The van der Waals surface area contributed by atoms with Gasteiger partial charge in [0, 0.05) is 12.1 Å². The minimum absolute atomic E-state index is 0.195. The third kappa shape index (κ3) is 3.97. The van der Waals surface area contributed by atoms with Crippen molar-refractivity contribution >= 4 is 11.6 Å². The van der Waals surface area contributed by atoms with Crippen molar-refractivity contribution in [2.75, 3.05) is 5.88 Å². The molecule has 0 amide bonds. The van der Waals surface area contributed by atoms with Gasteiger partial charge in [-0.2, -0.15) is 0 Å². The van der Waals surface area contributed by atoms with E-state index >= 15 is 0 Å². The summed E-state index contributed by atoms with van der Waals surface area (Å²) < 4.78 is 5.54. The minimum atomic E-state index is 0.195. The Morgan fingerprint density at radius 3 is 2.86 bits per heavy atom. The summed E-state index contributed by atoms with van der Waals surface area (Å²) in [4.78, 5) is 4.12. The molecule has 1 heterocycles. The molecule has 1 aromatic heterocycles. The molecule has 0 saturated heterocycles. The molecule has 3 heteroatoms. The molecular weight excluding hydrogens is 198 g/mol. The number of halogens is 1. The molecule has 1 rings (SSSR count). The van der Waals surface area contributed by atoms with E-state index in [2.05, 4.69) is 4.98 Å². The highest BCUT2D eigenvalue weighted by atomic mass is 35.5. The van der Waals surface area contributed by atoms with Gasteiger partial charge in [0.15, 0.2) is 0 Å². The van der Waals surface area contributed by atoms with Gasteiger partial charge in [-0.1, -0.05) is 0 Å². The first-order chi connectivity index (χ1) is 6.72. The summed E-state index contributed by atoms with van der Waals surface area (Å²) in [6.07, 6.45) is 5.74. The Bertz CT molecular complexity index is 276. The Hall–Kier alpha value is -0.760. The Labute approximate surface area is 90.3 Å². The van der Waals surface area contributed by atoms with Crippen molar-refractivity contribution in [3.63, 3.8) is 0 Å². The van der Waals surface area contributed by atoms with Gasteiger partial charge in [0.05, 0.1) is 12.3 Å². The molecule has 0 saturated carbocycles. The molecule has 14 heavy (non-hydrogen) atoms. The van der Waals surface area contributed by atoms with Crippen LogP contribution in [0.4, 0.5) is 0 Å². The molecule has 0 radical (unpaired) electrons. The van der Waals surface area contributed by atoms with Crippen LogP contribution < -0.4 is 4.74 Å². The Balaban J connectivity index is 2.59. The maximum Gasteiger partial charge on any atom is 0.138 e. The first-order valence-corrected chi connectivity index (χ1v) is 5.42. The summed E-state index contributed by atoms with van der Waals surface area (Å²) in [6.45, 7) is 4.01. The smallest absolute Gasteiger partial charge is 0.138 e. The quantitative estimate of drug-likeness (QED) is 0.702. The maximum absolute atomic E-state index is 5.62. The lowest BCUT2D eigenvalue weighted by atomic mass is 10.2. The summed E-state index contributed by atoms with van der Waals surface area (Å²) >= 11 is 5.62. The first kappa shape index (κ1) is 11.3. The maximum atomic E-state index is 5.62. The van der Waals surface area contributed by atoms with Crippen LogP contribution in [-0.4, -0.2) is 17.0 Å². The van der Waals surface area contributed by atoms with Gasteiger partial charge in [0.25, 0.3) is 0 Å². The fourth-order valence-electron chi connectivity index (χ4n) is 1.21. The number of aromatic nitrogens is 1. The van der Waals surface area contributed by atoms with E-state index in [0.717, 1.165) is 18.6 Å². The van der Waals surface area contributed by atoms with Gasteiger partial charge in [-0.15, -0.1) is 11.6 Å². The molecule has 0 bridgehead atoms. The number of alkyl halides is 1. The summed E-state index contributed by atoms with van der Waals surface area (Å²) in [5.41, 5.74) is 1.18. The van der Waals surface area contributed by atoms with Gasteiger partial charge in [0.2, 0.25) is 0 Å². The molecule has 0 unspecified atom stereocenters. The molecule has 0 aliphatic carbocycles.